The second-order valence-electron chi connectivity index (χ2n) is 9.05. The highest BCUT2D eigenvalue weighted by Crippen LogP contribution is 2.41. The number of likely N-dealkylation sites (tertiary alicyclic amines) is 1. The van der Waals surface area contributed by atoms with Crippen LogP contribution in [0.1, 0.15) is 42.5 Å². The number of ether oxygens (including phenoxy) is 1. The van der Waals surface area contributed by atoms with Gasteiger partial charge in [-0.05, 0) is 53.9 Å². The van der Waals surface area contributed by atoms with Crippen LogP contribution in [-0.4, -0.2) is 46.7 Å². The largest absolute Gasteiger partial charge is 0.497 e. The molecule has 2 aromatic carbocycles. The van der Waals surface area contributed by atoms with Crippen LogP contribution in [0.25, 0.3) is 0 Å². The fraction of sp³-hybridized carbons (Fsp3) is 0.286. The molecule has 7 nitrogen and oxygen atoms in total. The molecule has 3 aromatic rings. The summed E-state index contributed by atoms with van der Waals surface area (Å²) in [7, 11) is 3.24. The summed E-state index contributed by atoms with van der Waals surface area (Å²) >= 11 is 0. The first kappa shape index (κ1) is 25.0. The van der Waals surface area contributed by atoms with Crippen molar-refractivity contribution in [2.24, 2.45) is 0 Å². The predicted octanol–water partition coefficient (Wildman–Crippen LogP) is 4.04. The third-order valence-corrected chi connectivity index (χ3v) is 6.87. The Morgan fingerprint density at radius 1 is 1.17 bits per heavy atom. The van der Waals surface area contributed by atoms with Gasteiger partial charge in [0, 0.05) is 32.3 Å². The van der Waals surface area contributed by atoms with Gasteiger partial charge in [0.1, 0.15) is 11.6 Å². The normalized spacial score (nSPS) is 18.3. The van der Waals surface area contributed by atoms with Crippen LogP contribution in [0.5, 0.6) is 5.75 Å². The minimum Gasteiger partial charge on any atom is -0.497 e. The van der Waals surface area contributed by atoms with Gasteiger partial charge in [-0.2, -0.15) is 0 Å². The van der Waals surface area contributed by atoms with Crippen LogP contribution in [0.4, 0.5) is 4.39 Å². The summed E-state index contributed by atoms with van der Waals surface area (Å²) in [6.45, 7) is 1.92. The topological polar surface area (TPSA) is 79.8 Å². The van der Waals surface area contributed by atoms with E-state index in [0.717, 1.165) is 10.5 Å². The number of nitrogens with zero attached hydrogens (tertiary/aromatic N) is 3. The molecule has 186 valence electrons. The Labute approximate surface area is 209 Å². The zero-order chi connectivity index (χ0) is 25.9. The molecule has 0 spiro atoms. The monoisotopic (exact) mass is 489 g/mol. The zero-order valence-corrected chi connectivity index (χ0v) is 20.5. The highest BCUT2D eigenvalue weighted by molar-refractivity contribution is 6.10. The molecule has 4 rings (SSSR count). The van der Waals surface area contributed by atoms with Gasteiger partial charge in [0.05, 0.1) is 25.1 Å². The van der Waals surface area contributed by atoms with E-state index in [9.17, 15) is 18.8 Å². The molecule has 1 saturated heterocycles. The van der Waals surface area contributed by atoms with E-state index >= 15 is 0 Å². The molecular formula is C28H28FN3O4. The molecule has 0 saturated carbocycles. The van der Waals surface area contributed by atoms with Gasteiger partial charge >= 0.3 is 0 Å². The molecule has 8 heteroatoms. The zero-order valence-electron chi connectivity index (χ0n) is 20.5. The van der Waals surface area contributed by atoms with Crippen LogP contribution in [-0.2, 0) is 26.3 Å². The molecule has 2 heterocycles. The van der Waals surface area contributed by atoms with Gasteiger partial charge < -0.3 is 9.64 Å². The van der Waals surface area contributed by atoms with Crippen LogP contribution >= 0.6 is 0 Å². The number of amides is 3. The predicted molar refractivity (Wildman–Crippen MR) is 131 cm³/mol. The molecule has 3 amide bonds. The maximum atomic E-state index is 14.2. The molecule has 1 aromatic heterocycles. The Balaban J connectivity index is 1.64. The second-order valence-corrected chi connectivity index (χ2v) is 9.05. The molecule has 2 atom stereocenters. The number of benzene rings is 2. The average molecular weight is 490 g/mol. The van der Waals surface area contributed by atoms with Gasteiger partial charge in [0.2, 0.25) is 17.7 Å². The maximum Gasteiger partial charge on any atom is 0.241 e. The quantitative estimate of drug-likeness (QED) is 0.447. The first-order chi connectivity index (χ1) is 17.2. The summed E-state index contributed by atoms with van der Waals surface area (Å²) < 4.78 is 19.4. The number of aromatic nitrogens is 1. The fourth-order valence-corrected chi connectivity index (χ4v) is 4.59. The van der Waals surface area contributed by atoms with E-state index in [4.69, 9.17) is 4.74 Å². The van der Waals surface area contributed by atoms with Gasteiger partial charge in [-0.25, -0.2) is 4.39 Å². The van der Waals surface area contributed by atoms with Gasteiger partial charge in [0.25, 0.3) is 0 Å². The summed E-state index contributed by atoms with van der Waals surface area (Å²) in [6.07, 6.45) is 2.71. The lowest BCUT2D eigenvalue weighted by molar-refractivity contribution is -0.143. The number of pyridine rings is 1. The first-order valence-electron chi connectivity index (χ1n) is 11.6. The lowest BCUT2D eigenvalue weighted by atomic mass is 9.75. The van der Waals surface area contributed by atoms with Gasteiger partial charge in [-0.3, -0.25) is 24.3 Å². The van der Waals surface area contributed by atoms with E-state index < -0.39 is 23.0 Å². The summed E-state index contributed by atoms with van der Waals surface area (Å²) in [5.74, 6) is -1.08. The van der Waals surface area contributed by atoms with Crippen LogP contribution in [0.15, 0.2) is 73.1 Å². The number of hydrogen-bond acceptors (Lipinski definition) is 5. The van der Waals surface area contributed by atoms with Crippen molar-refractivity contribution in [3.05, 3.63) is 95.6 Å². The molecule has 0 radical (unpaired) electrons. The third-order valence-electron chi connectivity index (χ3n) is 6.87. The molecule has 36 heavy (non-hydrogen) atoms. The van der Waals surface area contributed by atoms with Crippen molar-refractivity contribution < 1.29 is 23.5 Å². The van der Waals surface area contributed by atoms with Crippen molar-refractivity contribution in [1.82, 2.24) is 14.8 Å². The summed E-state index contributed by atoms with van der Waals surface area (Å²) in [5.41, 5.74) is 0.393. The van der Waals surface area contributed by atoms with Crippen LogP contribution in [0, 0.1) is 5.82 Å². The molecule has 0 bridgehead atoms. The molecule has 1 fully saturated rings. The number of carbonyl (C=O) groups excluding carboxylic acids is 3. The van der Waals surface area contributed by atoms with E-state index in [1.165, 1.54) is 18.2 Å². The van der Waals surface area contributed by atoms with E-state index in [0.29, 0.717) is 16.9 Å². The Hall–Kier alpha value is -4.07. The molecule has 0 aliphatic carbocycles. The van der Waals surface area contributed by atoms with E-state index in [-0.39, 0.29) is 31.3 Å². The summed E-state index contributed by atoms with van der Waals surface area (Å²) in [5, 5.41) is 0. The Kier molecular flexibility index (Phi) is 7.15. The van der Waals surface area contributed by atoms with Gasteiger partial charge in [-0.15, -0.1) is 0 Å². The van der Waals surface area contributed by atoms with Crippen LogP contribution in [0.3, 0.4) is 0 Å². The SMILES string of the molecule is COc1ccc(C(C)N(C)C(=O)CC2(c3cccc(F)c3)CC(=O)N(Cc3cccnc3)C2=O)cc1. The van der Waals surface area contributed by atoms with Crippen LogP contribution in [0.2, 0.25) is 0 Å². The van der Waals surface area contributed by atoms with E-state index in [1.807, 2.05) is 31.2 Å². The van der Waals surface area contributed by atoms with Crippen molar-refractivity contribution in [3.63, 3.8) is 0 Å². The van der Waals surface area contributed by atoms with Crippen molar-refractivity contribution >= 4 is 17.7 Å². The lowest BCUT2D eigenvalue weighted by Gasteiger charge is -2.32. The number of halogens is 1. The smallest absolute Gasteiger partial charge is 0.241 e. The number of methoxy groups -OCH3 is 1. The van der Waals surface area contributed by atoms with Crippen molar-refractivity contribution in [2.75, 3.05) is 14.2 Å². The second kappa shape index (κ2) is 10.3. The number of imide groups is 1. The minimum atomic E-state index is -1.49. The fourth-order valence-electron chi connectivity index (χ4n) is 4.59. The Morgan fingerprint density at radius 2 is 1.92 bits per heavy atom. The molecule has 2 unspecified atom stereocenters. The third kappa shape index (κ3) is 4.84. The highest BCUT2D eigenvalue weighted by Gasteiger charge is 2.54. The molecular weight excluding hydrogens is 461 g/mol. The maximum absolute atomic E-state index is 14.2. The average Bonchev–Trinajstić information content (AvgIpc) is 3.13. The molecule has 1 aliphatic rings. The van der Waals surface area contributed by atoms with E-state index in [2.05, 4.69) is 4.98 Å². The Morgan fingerprint density at radius 3 is 2.56 bits per heavy atom. The Bertz CT molecular complexity index is 1270. The van der Waals surface area contributed by atoms with E-state index in [1.54, 1.807) is 49.7 Å². The van der Waals surface area contributed by atoms with Crippen molar-refractivity contribution in [1.29, 1.82) is 0 Å². The summed E-state index contributed by atoms with van der Waals surface area (Å²) in [4.78, 5) is 47.2. The minimum absolute atomic E-state index is 0.0366. The van der Waals surface area contributed by atoms with Gasteiger partial charge in [0.15, 0.2) is 0 Å². The standard InChI is InChI=1S/C28H28FN3O4/c1-19(21-9-11-24(36-3)12-10-21)31(2)25(33)15-28(22-7-4-8-23(29)14-22)16-26(34)32(27(28)35)18-20-6-5-13-30-17-20/h4-14,17,19H,15-16,18H2,1-3H3. The van der Waals surface area contributed by atoms with Gasteiger partial charge in [-0.1, -0.05) is 30.3 Å². The number of carbonyl (C=O) groups is 3. The first-order valence-corrected chi connectivity index (χ1v) is 11.6. The van der Waals surface area contributed by atoms with Crippen LogP contribution < -0.4 is 4.74 Å². The molecule has 0 N–H and O–H groups in total. The summed E-state index contributed by atoms with van der Waals surface area (Å²) in [6, 6.07) is 16.2. The highest BCUT2D eigenvalue weighted by atomic mass is 19.1. The lowest BCUT2D eigenvalue weighted by Crippen LogP contribution is -2.43. The van der Waals surface area contributed by atoms with Crippen molar-refractivity contribution in [2.45, 2.75) is 37.8 Å². The molecule has 1 aliphatic heterocycles. The number of hydrogen-bond donors (Lipinski definition) is 0. The number of rotatable bonds is 8. The van der Waals surface area contributed by atoms with Crippen molar-refractivity contribution in [3.8, 4) is 5.75 Å².